The molecule has 1 aromatic rings. The number of nitrogens with zero attached hydrogens (tertiary/aromatic N) is 1. The van der Waals surface area contributed by atoms with Gasteiger partial charge in [-0.25, -0.2) is 0 Å². The van der Waals surface area contributed by atoms with Gasteiger partial charge in [0.1, 0.15) is 6.04 Å². The molecule has 138 valence electrons. The lowest BCUT2D eigenvalue weighted by molar-refractivity contribution is -0.137. The van der Waals surface area contributed by atoms with Crippen LogP contribution in [-0.2, 0) is 16.0 Å². The summed E-state index contributed by atoms with van der Waals surface area (Å²) in [5.41, 5.74) is 0.928. The van der Waals surface area contributed by atoms with Crippen LogP contribution < -0.4 is 5.32 Å². The molecule has 2 amide bonds. The molecule has 0 aromatic heterocycles. The Labute approximate surface area is 150 Å². The molecule has 0 aliphatic heterocycles. The van der Waals surface area contributed by atoms with Crippen molar-refractivity contribution < 1.29 is 14.7 Å². The van der Waals surface area contributed by atoms with E-state index in [0.717, 1.165) is 24.8 Å². The molecule has 1 aromatic carbocycles. The number of amides is 2. The van der Waals surface area contributed by atoms with Gasteiger partial charge < -0.3 is 15.3 Å². The minimum absolute atomic E-state index is 0.00294. The maximum absolute atomic E-state index is 12.8. The fourth-order valence-electron chi connectivity index (χ4n) is 3.43. The van der Waals surface area contributed by atoms with Crippen LogP contribution in [0.25, 0.3) is 0 Å². The molecule has 3 unspecified atom stereocenters. The average Bonchev–Trinajstić information content (AvgIpc) is 2.97. The van der Waals surface area contributed by atoms with Crippen LogP contribution in [0.15, 0.2) is 30.3 Å². The Bertz CT molecular complexity index is 574. The van der Waals surface area contributed by atoms with Gasteiger partial charge in [-0.3, -0.25) is 9.59 Å². The third-order valence-electron chi connectivity index (χ3n) is 4.96. The van der Waals surface area contributed by atoms with E-state index in [-0.39, 0.29) is 36.2 Å². The van der Waals surface area contributed by atoms with Gasteiger partial charge in [0, 0.05) is 19.5 Å². The monoisotopic (exact) mass is 346 g/mol. The van der Waals surface area contributed by atoms with Gasteiger partial charge >= 0.3 is 0 Å². The first kappa shape index (κ1) is 19.4. The molecule has 1 saturated carbocycles. The number of aliphatic hydroxyl groups excluding tert-OH is 1. The van der Waals surface area contributed by atoms with Crippen molar-refractivity contribution in [3.63, 3.8) is 0 Å². The first-order valence-electron chi connectivity index (χ1n) is 9.14. The lowest BCUT2D eigenvalue weighted by Gasteiger charge is -2.29. The van der Waals surface area contributed by atoms with Crippen LogP contribution in [0, 0.1) is 11.8 Å². The highest BCUT2D eigenvalue weighted by molar-refractivity contribution is 5.88. The summed E-state index contributed by atoms with van der Waals surface area (Å²) in [5, 5.41) is 12.9. The van der Waals surface area contributed by atoms with Crippen LogP contribution in [-0.4, -0.2) is 47.6 Å². The van der Waals surface area contributed by atoms with E-state index in [1.165, 1.54) is 0 Å². The summed E-state index contributed by atoms with van der Waals surface area (Å²) in [6.07, 6.45) is 2.72. The number of carbonyl (C=O) groups excluding carboxylic acids is 2. The molecule has 1 aliphatic carbocycles. The largest absolute Gasteiger partial charge is 0.393 e. The van der Waals surface area contributed by atoms with E-state index in [2.05, 4.69) is 5.32 Å². The molecule has 5 heteroatoms. The van der Waals surface area contributed by atoms with Crippen molar-refractivity contribution in [2.75, 3.05) is 13.6 Å². The summed E-state index contributed by atoms with van der Waals surface area (Å²) in [6, 6.07) is 8.97. The zero-order valence-electron chi connectivity index (χ0n) is 15.4. The van der Waals surface area contributed by atoms with Gasteiger partial charge in [-0.15, -0.1) is 0 Å². The van der Waals surface area contributed by atoms with Crippen molar-refractivity contribution in [1.82, 2.24) is 10.2 Å². The number of hydrogen-bond donors (Lipinski definition) is 2. The van der Waals surface area contributed by atoms with Gasteiger partial charge in [0.05, 0.1) is 12.5 Å². The number of rotatable bonds is 7. The average molecular weight is 346 g/mol. The summed E-state index contributed by atoms with van der Waals surface area (Å²) >= 11 is 0. The second kappa shape index (κ2) is 8.99. The topological polar surface area (TPSA) is 69.6 Å². The van der Waals surface area contributed by atoms with Crippen molar-refractivity contribution in [1.29, 1.82) is 0 Å². The quantitative estimate of drug-likeness (QED) is 0.793. The fraction of sp³-hybridized carbons (Fsp3) is 0.600. The number of likely N-dealkylation sites (N-methyl/N-ethyl adjacent to an activating group) is 1. The number of benzene rings is 1. The highest BCUT2D eigenvalue weighted by Crippen LogP contribution is 2.26. The molecular formula is C20H30N2O3. The zero-order valence-corrected chi connectivity index (χ0v) is 15.4. The molecule has 1 fully saturated rings. The first-order valence-corrected chi connectivity index (χ1v) is 9.14. The molecular weight excluding hydrogens is 316 g/mol. The molecule has 0 heterocycles. The SMILES string of the molecule is CC(C)C(NC(=O)Cc1ccccc1)C(=O)N(C)CC1CCCC1O. The second-order valence-electron chi connectivity index (χ2n) is 7.43. The van der Waals surface area contributed by atoms with Crippen molar-refractivity contribution in [2.24, 2.45) is 11.8 Å². The summed E-state index contributed by atoms with van der Waals surface area (Å²) in [6.45, 7) is 4.41. The van der Waals surface area contributed by atoms with E-state index < -0.39 is 6.04 Å². The van der Waals surface area contributed by atoms with Crippen molar-refractivity contribution >= 4 is 11.8 Å². The van der Waals surface area contributed by atoms with Crippen LogP contribution >= 0.6 is 0 Å². The van der Waals surface area contributed by atoms with E-state index >= 15 is 0 Å². The highest BCUT2D eigenvalue weighted by Gasteiger charge is 2.31. The van der Waals surface area contributed by atoms with E-state index in [4.69, 9.17) is 0 Å². The Morgan fingerprint density at radius 3 is 2.48 bits per heavy atom. The molecule has 0 bridgehead atoms. The van der Waals surface area contributed by atoms with Crippen LogP contribution in [0.2, 0.25) is 0 Å². The molecule has 2 N–H and O–H groups in total. The molecule has 1 aliphatic rings. The first-order chi connectivity index (χ1) is 11.9. The standard InChI is InChI=1S/C20H30N2O3/c1-14(2)19(21-18(24)12-15-8-5-4-6-9-15)20(25)22(3)13-16-10-7-11-17(16)23/h4-6,8-9,14,16-17,19,23H,7,10-13H2,1-3H3,(H,21,24). The Balaban J connectivity index is 1.94. The van der Waals surface area contributed by atoms with E-state index in [0.29, 0.717) is 6.54 Å². The zero-order chi connectivity index (χ0) is 18.4. The molecule has 25 heavy (non-hydrogen) atoms. The summed E-state index contributed by atoms with van der Waals surface area (Å²) in [4.78, 5) is 26.8. The third kappa shape index (κ3) is 5.56. The molecule has 0 radical (unpaired) electrons. The number of nitrogens with one attached hydrogen (secondary N) is 1. The molecule has 0 spiro atoms. The Kier molecular flexibility index (Phi) is 7.00. The van der Waals surface area contributed by atoms with Crippen LogP contribution in [0.4, 0.5) is 0 Å². The predicted octanol–water partition coefficient (Wildman–Crippen LogP) is 1.99. The van der Waals surface area contributed by atoms with Gasteiger partial charge in [-0.05, 0) is 24.3 Å². The molecule has 5 nitrogen and oxygen atoms in total. The van der Waals surface area contributed by atoms with Crippen LogP contribution in [0.1, 0.15) is 38.7 Å². The molecule has 0 saturated heterocycles. The van der Waals surface area contributed by atoms with Crippen molar-refractivity contribution in [2.45, 2.75) is 51.7 Å². The van der Waals surface area contributed by atoms with Crippen LogP contribution in [0.3, 0.4) is 0 Å². The highest BCUT2D eigenvalue weighted by atomic mass is 16.3. The lowest BCUT2D eigenvalue weighted by atomic mass is 10.0. The smallest absolute Gasteiger partial charge is 0.245 e. The van der Waals surface area contributed by atoms with E-state index in [1.54, 1.807) is 11.9 Å². The lowest BCUT2D eigenvalue weighted by Crippen LogP contribution is -2.51. The molecule has 2 rings (SSSR count). The Morgan fingerprint density at radius 2 is 1.92 bits per heavy atom. The van der Waals surface area contributed by atoms with Crippen molar-refractivity contribution in [3.05, 3.63) is 35.9 Å². The Hall–Kier alpha value is -1.88. The van der Waals surface area contributed by atoms with Gasteiger partial charge in [-0.2, -0.15) is 0 Å². The van der Waals surface area contributed by atoms with E-state index in [1.807, 2.05) is 44.2 Å². The van der Waals surface area contributed by atoms with Crippen molar-refractivity contribution in [3.8, 4) is 0 Å². The van der Waals surface area contributed by atoms with Gasteiger partial charge in [0.15, 0.2) is 0 Å². The maximum atomic E-state index is 12.8. The Morgan fingerprint density at radius 1 is 1.24 bits per heavy atom. The maximum Gasteiger partial charge on any atom is 0.245 e. The minimum Gasteiger partial charge on any atom is -0.393 e. The van der Waals surface area contributed by atoms with E-state index in [9.17, 15) is 14.7 Å². The van der Waals surface area contributed by atoms with Gasteiger partial charge in [0.2, 0.25) is 11.8 Å². The second-order valence-corrected chi connectivity index (χ2v) is 7.43. The molecule has 3 atom stereocenters. The summed E-state index contributed by atoms with van der Waals surface area (Å²) in [7, 11) is 1.76. The van der Waals surface area contributed by atoms with Gasteiger partial charge in [-0.1, -0.05) is 50.6 Å². The number of hydrogen-bond acceptors (Lipinski definition) is 3. The third-order valence-corrected chi connectivity index (χ3v) is 4.96. The normalized spacial score (nSPS) is 21.2. The fourth-order valence-corrected chi connectivity index (χ4v) is 3.43. The predicted molar refractivity (Wildman–Crippen MR) is 97.9 cm³/mol. The minimum atomic E-state index is -0.542. The van der Waals surface area contributed by atoms with Gasteiger partial charge in [0.25, 0.3) is 0 Å². The summed E-state index contributed by atoms with van der Waals surface area (Å²) in [5.74, 6) is -0.0898. The number of carbonyl (C=O) groups is 2. The van der Waals surface area contributed by atoms with Crippen LogP contribution in [0.5, 0.6) is 0 Å². The number of aliphatic hydroxyl groups is 1. The summed E-state index contributed by atoms with van der Waals surface area (Å²) < 4.78 is 0.